The molecule has 2 heteroatoms. The first kappa shape index (κ1) is 11.9. The highest BCUT2D eigenvalue weighted by molar-refractivity contribution is 5.62. The number of rotatable bonds is 2. The Kier molecular flexibility index (Phi) is 3.05. The van der Waals surface area contributed by atoms with E-state index in [2.05, 4.69) is 69.3 Å². The molecule has 0 N–H and O–H groups in total. The van der Waals surface area contributed by atoms with Crippen molar-refractivity contribution in [1.82, 2.24) is 9.78 Å². The molecule has 0 atom stereocenters. The van der Waals surface area contributed by atoms with Gasteiger partial charge in [0.15, 0.2) is 0 Å². The average molecular weight is 228 g/mol. The second kappa shape index (κ2) is 4.36. The van der Waals surface area contributed by atoms with Crippen molar-refractivity contribution in [3.63, 3.8) is 0 Å². The topological polar surface area (TPSA) is 17.8 Å². The summed E-state index contributed by atoms with van der Waals surface area (Å²) in [7, 11) is 0. The molecule has 90 valence electrons. The van der Waals surface area contributed by atoms with Crippen LogP contribution >= 0.6 is 0 Å². The standard InChI is InChI=1S/C15H20N2/c1-12-7-5-6-8-13(12)14-9-10-17(16-14)11-15(2,3)4/h5-10H,11H2,1-4H3. The van der Waals surface area contributed by atoms with Gasteiger partial charge in [0.25, 0.3) is 0 Å². The van der Waals surface area contributed by atoms with E-state index in [1.165, 1.54) is 11.1 Å². The molecule has 0 saturated heterocycles. The number of hydrogen-bond donors (Lipinski definition) is 0. The molecule has 0 aliphatic carbocycles. The van der Waals surface area contributed by atoms with Crippen molar-refractivity contribution in [1.29, 1.82) is 0 Å². The first-order valence-corrected chi connectivity index (χ1v) is 6.05. The zero-order valence-corrected chi connectivity index (χ0v) is 11.1. The van der Waals surface area contributed by atoms with E-state index in [1.807, 2.05) is 4.68 Å². The lowest BCUT2D eigenvalue weighted by Crippen LogP contribution is -2.15. The lowest BCUT2D eigenvalue weighted by Gasteiger charge is -2.17. The fourth-order valence-corrected chi connectivity index (χ4v) is 1.94. The minimum absolute atomic E-state index is 0.259. The number of aromatic nitrogens is 2. The van der Waals surface area contributed by atoms with Crippen LogP contribution in [0.4, 0.5) is 0 Å². The molecule has 1 heterocycles. The van der Waals surface area contributed by atoms with Gasteiger partial charge < -0.3 is 0 Å². The normalized spacial score (nSPS) is 11.8. The first-order chi connectivity index (χ1) is 7.96. The average Bonchev–Trinajstić information content (AvgIpc) is 2.64. The second-order valence-corrected chi connectivity index (χ2v) is 5.77. The molecule has 0 saturated carbocycles. The highest BCUT2D eigenvalue weighted by Gasteiger charge is 2.12. The highest BCUT2D eigenvalue weighted by Crippen LogP contribution is 2.22. The molecule has 0 amide bonds. The third-order valence-electron chi connectivity index (χ3n) is 2.70. The van der Waals surface area contributed by atoms with Crippen LogP contribution in [0.5, 0.6) is 0 Å². The van der Waals surface area contributed by atoms with Crippen molar-refractivity contribution >= 4 is 0 Å². The highest BCUT2D eigenvalue weighted by atomic mass is 15.3. The molecule has 0 bridgehead atoms. The maximum atomic E-state index is 4.64. The predicted molar refractivity (Wildman–Crippen MR) is 71.9 cm³/mol. The third-order valence-corrected chi connectivity index (χ3v) is 2.70. The molecule has 0 spiro atoms. The predicted octanol–water partition coefficient (Wildman–Crippen LogP) is 3.90. The monoisotopic (exact) mass is 228 g/mol. The zero-order chi connectivity index (χ0) is 12.5. The van der Waals surface area contributed by atoms with Gasteiger partial charge in [-0.15, -0.1) is 0 Å². The van der Waals surface area contributed by atoms with Gasteiger partial charge in [0, 0.05) is 18.3 Å². The van der Waals surface area contributed by atoms with Gasteiger partial charge in [0.05, 0.1) is 5.69 Å². The van der Waals surface area contributed by atoms with E-state index in [-0.39, 0.29) is 5.41 Å². The fraction of sp³-hybridized carbons (Fsp3) is 0.400. The lowest BCUT2D eigenvalue weighted by atomic mass is 9.97. The summed E-state index contributed by atoms with van der Waals surface area (Å²) >= 11 is 0. The second-order valence-electron chi connectivity index (χ2n) is 5.77. The molecule has 2 aromatic rings. The van der Waals surface area contributed by atoms with Crippen LogP contribution in [0, 0.1) is 12.3 Å². The summed E-state index contributed by atoms with van der Waals surface area (Å²) < 4.78 is 2.03. The van der Waals surface area contributed by atoms with Crippen molar-refractivity contribution in [2.75, 3.05) is 0 Å². The minimum atomic E-state index is 0.259. The smallest absolute Gasteiger partial charge is 0.0925 e. The minimum Gasteiger partial charge on any atom is -0.272 e. The van der Waals surface area contributed by atoms with Gasteiger partial charge in [-0.05, 0) is 24.0 Å². The Labute approximate surface area is 103 Å². The van der Waals surface area contributed by atoms with Crippen LogP contribution in [0.15, 0.2) is 36.5 Å². The van der Waals surface area contributed by atoms with E-state index in [1.54, 1.807) is 0 Å². The lowest BCUT2D eigenvalue weighted by molar-refractivity contribution is 0.326. The quantitative estimate of drug-likeness (QED) is 0.762. The van der Waals surface area contributed by atoms with Crippen molar-refractivity contribution < 1.29 is 0 Å². The summed E-state index contributed by atoms with van der Waals surface area (Å²) in [6.07, 6.45) is 2.06. The van der Waals surface area contributed by atoms with Crippen molar-refractivity contribution in [2.24, 2.45) is 5.41 Å². The van der Waals surface area contributed by atoms with Crippen molar-refractivity contribution in [3.8, 4) is 11.3 Å². The van der Waals surface area contributed by atoms with Crippen LogP contribution in [-0.4, -0.2) is 9.78 Å². The molecule has 2 rings (SSSR count). The number of hydrogen-bond acceptors (Lipinski definition) is 1. The van der Waals surface area contributed by atoms with Crippen molar-refractivity contribution in [2.45, 2.75) is 34.2 Å². The first-order valence-electron chi connectivity index (χ1n) is 6.05. The molecule has 1 aromatic heterocycles. The molecule has 2 nitrogen and oxygen atoms in total. The van der Waals surface area contributed by atoms with Gasteiger partial charge in [-0.25, -0.2) is 0 Å². The van der Waals surface area contributed by atoms with E-state index in [9.17, 15) is 0 Å². The molecule has 0 unspecified atom stereocenters. The molecule has 0 aliphatic rings. The maximum absolute atomic E-state index is 4.64. The molecule has 17 heavy (non-hydrogen) atoms. The van der Waals surface area contributed by atoms with Gasteiger partial charge in [0.2, 0.25) is 0 Å². The molecule has 0 aliphatic heterocycles. The van der Waals surface area contributed by atoms with Crippen LogP contribution in [0.25, 0.3) is 11.3 Å². The zero-order valence-electron chi connectivity index (χ0n) is 11.1. The molecule has 1 aromatic carbocycles. The van der Waals surface area contributed by atoms with Crippen LogP contribution in [-0.2, 0) is 6.54 Å². The summed E-state index contributed by atoms with van der Waals surface area (Å²) in [5.41, 5.74) is 3.82. The van der Waals surface area contributed by atoms with Crippen LogP contribution in [0.3, 0.4) is 0 Å². The summed E-state index contributed by atoms with van der Waals surface area (Å²) in [5.74, 6) is 0. The van der Waals surface area contributed by atoms with Gasteiger partial charge in [-0.3, -0.25) is 4.68 Å². The van der Waals surface area contributed by atoms with Crippen LogP contribution in [0.2, 0.25) is 0 Å². The fourth-order valence-electron chi connectivity index (χ4n) is 1.94. The maximum Gasteiger partial charge on any atom is 0.0925 e. The Morgan fingerprint density at radius 3 is 2.47 bits per heavy atom. The van der Waals surface area contributed by atoms with E-state index < -0.39 is 0 Å². The molecule has 0 fully saturated rings. The Morgan fingerprint density at radius 2 is 1.82 bits per heavy atom. The third kappa shape index (κ3) is 2.96. The Morgan fingerprint density at radius 1 is 1.12 bits per heavy atom. The van der Waals surface area contributed by atoms with E-state index in [4.69, 9.17) is 0 Å². The van der Waals surface area contributed by atoms with Crippen molar-refractivity contribution in [3.05, 3.63) is 42.1 Å². The van der Waals surface area contributed by atoms with Crippen LogP contribution in [0.1, 0.15) is 26.3 Å². The summed E-state index contributed by atoms with van der Waals surface area (Å²) in [4.78, 5) is 0. The van der Waals surface area contributed by atoms with E-state index in [0.717, 1.165) is 12.2 Å². The summed E-state index contributed by atoms with van der Waals surface area (Å²) in [6, 6.07) is 10.5. The van der Waals surface area contributed by atoms with E-state index in [0.29, 0.717) is 0 Å². The molecule has 0 radical (unpaired) electrons. The number of aryl methyl sites for hydroxylation is 1. The van der Waals surface area contributed by atoms with Gasteiger partial charge >= 0.3 is 0 Å². The molecular weight excluding hydrogens is 208 g/mol. The Bertz CT molecular complexity index is 504. The number of benzene rings is 1. The Hall–Kier alpha value is -1.57. The van der Waals surface area contributed by atoms with Gasteiger partial charge in [-0.1, -0.05) is 45.0 Å². The van der Waals surface area contributed by atoms with Gasteiger partial charge in [-0.2, -0.15) is 5.10 Å². The van der Waals surface area contributed by atoms with E-state index >= 15 is 0 Å². The SMILES string of the molecule is Cc1ccccc1-c1ccn(CC(C)(C)C)n1. The van der Waals surface area contributed by atoms with Gasteiger partial charge in [0.1, 0.15) is 0 Å². The van der Waals surface area contributed by atoms with Crippen LogP contribution < -0.4 is 0 Å². The summed E-state index contributed by atoms with van der Waals surface area (Å²) in [6.45, 7) is 9.74. The number of nitrogens with zero attached hydrogens (tertiary/aromatic N) is 2. The Balaban J connectivity index is 2.28. The summed E-state index contributed by atoms with van der Waals surface area (Å²) in [5, 5.41) is 4.64. The molecular formula is C15H20N2. The largest absolute Gasteiger partial charge is 0.272 e.